The van der Waals surface area contributed by atoms with Crippen molar-refractivity contribution in [2.24, 2.45) is 0 Å². The van der Waals surface area contributed by atoms with Gasteiger partial charge in [-0.05, 0) is 77.8 Å². The maximum absolute atomic E-state index is 6.82. The van der Waals surface area contributed by atoms with E-state index in [9.17, 15) is 0 Å². The summed E-state index contributed by atoms with van der Waals surface area (Å²) in [4.78, 5) is 4.36. The Kier molecular flexibility index (Phi) is 5.91. The molecule has 5 heteroatoms. The van der Waals surface area contributed by atoms with Crippen molar-refractivity contribution in [1.82, 2.24) is 4.57 Å². The molecule has 9 rings (SSSR count). The standard InChI is InChI=1S/C43H36N4O/c1-27-45(6)38-18-9-10-19-39(38)46(27)29-23-28(43(2,3)4)24-31(25-29)48-30-20-21-34-36-16-11-15-35-32-13-7-8-14-33(32)37-17-12-22-44(5)42(37)47(41(35)36)40(34)26-30/h7-26H,1,5H2,2-4,6H3. The maximum Gasteiger partial charge on any atom is 0.192 e. The second kappa shape index (κ2) is 10.0. The number of nitrogens with zero attached hydrogens (tertiary/aromatic N) is 4. The zero-order valence-corrected chi connectivity index (χ0v) is 27.7. The molecule has 0 bridgehead atoms. The molecule has 0 radical (unpaired) electrons. The van der Waals surface area contributed by atoms with E-state index in [4.69, 9.17) is 4.74 Å². The van der Waals surface area contributed by atoms with Crippen LogP contribution in [0.1, 0.15) is 26.3 Å². The summed E-state index contributed by atoms with van der Waals surface area (Å²) >= 11 is 0. The third-order valence-electron chi connectivity index (χ3n) is 9.90. The molecule has 2 aliphatic heterocycles. The average Bonchev–Trinajstić information content (AvgIpc) is 3.49. The Hall–Kier alpha value is -5.94. The summed E-state index contributed by atoms with van der Waals surface area (Å²) < 4.78 is 11.2. The van der Waals surface area contributed by atoms with Crippen LogP contribution in [0, 0.1) is 7.05 Å². The normalized spacial score (nSPS) is 13.5. The van der Waals surface area contributed by atoms with Crippen molar-refractivity contribution in [3.05, 3.63) is 146 Å². The fraction of sp³-hybridized carbons (Fsp3) is 0.116. The number of pyridine rings is 1. The van der Waals surface area contributed by atoms with Gasteiger partial charge in [0.1, 0.15) is 28.4 Å². The van der Waals surface area contributed by atoms with E-state index in [1.165, 1.54) is 38.5 Å². The summed E-state index contributed by atoms with van der Waals surface area (Å²) in [6, 6.07) is 41.0. The maximum atomic E-state index is 6.82. The SMILES string of the molecule is C=C1N(C)c2ccccc2N1c1cc(Oc2ccc3c4cccc5c4n(c3c2)-c2c(ccc[n+]2[CH2-])-c2ccccc2-5)cc(C(C)(C)C)c1. The molecule has 0 atom stereocenters. The van der Waals surface area contributed by atoms with Gasteiger partial charge in [0.15, 0.2) is 5.82 Å². The Labute approximate surface area is 281 Å². The highest BCUT2D eigenvalue weighted by molar-refractivity contribution is 6.16. The monoisotopic (exact) mass is 624 g/mol. The summed E-state index contributed by atoms with van der Waals surface area (Å²) in [6.45, 7) is 11.2. The first-order valence-electron chi connectivity index (χ1n) is 16.4. The molecule has 2 aromatic heterocycles. The highest BCUT2D eigenvalue weighted by atomic mass is 16.5. The number of hydrogen-bond donors (Lipinski definition) is 0. The lowest BCUT2D eigenvalue weighted by molar-refractivity contribution is -0.605. The van der Waals surface area contributed by atoms with Gasteiger partial charge in [0, 0.05) is 41.1 Å². The van der Waals surface area contributed by atoms with Crippen molar-refractivity contribution in [1.29, 1.82) is 0 Å². The largest absolute Gasteiger partial charge is 0.457 e. The smallest absolute Gasteiger partial charge is 0.192 e. The third-order valence-corrected chi connectivity index (χ3v) is 9.90. The van der Waals surface area contributed by atoms with E-state index < -0.39 is 0 Å². The first-order valence-corrected chi connectivity index (χ1v) is 16.4. The molecule has 0 amide bonds. The molecule has 0 fully saturated rings. The van der Waals surface area contributed by atoms with Gasteiger partial charge in [0.25, 0.3) is 0 Å². The fourth-order valence-corrected chi connectivity index (χ4v) is 7.50. The number of aromatic nitrogens is 2. The van der Waals surface area contributed by atoms with E-state index in [0.717, 1.165) is 51.3 Å². The molecule has 0 spiro atoms. The van der Waals surface area contributed by atoms with Gasteiger partial charge >= 0.3 is 0 Å². The van der Waals surface area contributed by atoms with Crippen LogP contribution in [-0.4, -0.2) is 11.6 Å². The molecule has 0 saturated carbocycles. The second-order valence-corrected chi connectivity index (χ2v) is 13.8. The van der Waals surface area contributed by atoms with Gasteiger partial charge in [-0.25, -0.2) is 4.57 Å². The molecule has 0 unspecified atom stereocenters. The first-order chi connectivity index (χ1) is 23.2. The molecule has 4 heterocycles. The molecule has 48 heavy (non-hydrogen) atoms. The quantitative estimate of drug-likeness (QED) is 0.144. The second-order valence-electron chi connectivity index (χ2n) is 13.8. The molecular weight excluding hydrogens is 589 g/mol. The number of anilines is 3. The van der Waals surface area contributed by atoms with E-state index in [0.29, 0.717) is 0 Å². The van der Waals surface area contributed by atoms with Gasteiger partial charge in [-0.15, -0.1) is 0 Å². The predicted octanol–water partition coefficient (Wildman–Crippen LogP) is 10.5. The average molecular weight is 625 g/mol. The molecule has 7 aromatic rings. The number of benzene rings is 5. The van der Waals surface area contributed by atoms with Crippen LogP contribution >= 0.6 is 0 Å². The highest BCUT2D eigenvalue weighted by Gasteiger charge is 2.31. The van der Waals surface area contributed by atoms with Crippen LogP contribution in [0.15, 0.2) is 134 Å². The Morgan fingerprint density at radius 2 is 1.40 bits per heavy atom. The lowest BCUT2D eigenvalue weighted by atomic mass is 9.86. The number of fused-ring (bicyclic) bond motifs is 9. The predicted molar refractivity (Wildman–Crippen MR) is 198 cm³/mol. The number of hydrogen-bond acceptors (Lipinski definition) is 3. The van der Waals surface area contributed by atoms with Crippen LogP contribution in [-0.2, 0) is 5.41 Å². The molecule has 0 N–H and O–H groups in total. The first kappa shape index (κ1) is 28.3. The molecule has 2 aliphatic rings. The summed E-state index contributed by atoms with van der Waals surface area (Å²) in [7, 11) is 6.51. The van der Waals surface area contributed by atoms with Crippen LogP contribution in [0.5, 0.6) is 11.5 Å². The topological polar surface area (TPSA) is 24.5 Å². The van der Waals surface area contributed by atoms with E-state index in [2.05, 4.69) is 171 Å². The van der Waals surface area contributed by atoms with Crippen LogP contribution in [0.25, 0.3) is 49.9 Å². The molecule has 5 nitrogen and oxygen atoms in total. The fourth-order valence-electron chi connectivity index (χ4n) is 7.50. The minimum atomic E-state index is -0.0942. The van der Waals surface area contributed by atoms with E-state index >= 15 is 0 Å². The Balaban J connectivity index is 1.24. The number of para-hydroxylation sites is 3. The van der Waals surface area contributed by atoms with Crippen molar-refractivity contribution < 1.29 is 9.30 Å². The zero-order chi connectivity index (χ0) is 32.9. The van der Waals surface area contributed by atoms with Crippen LogP contribution in [0.2, 0.25) is 0 Å². The van der Waals surface area contributed by atoms with Gasteiger partial charge in [0.2, 0.25) is 0 Å². The Morgan fingerprint density at radius 3 is 2.19 bits per heavy atom. The summed E-state index contributed by atoms with van der Waals surface area (Å²) in [5, 5.41) is 2.37. The van der Waals surface area contributed by atoms with Crippen molar-refractivity contribution in [3.8, 4) is 39.6 Å². The zero-order valence-electron chi connectivity index (χ0n) is 27.7. The van der Waals surface area contributed by atoms with Gasteiger partial charge in [0.05, 0.1) is 17.1 Å². The van der Waals surface area contributed by atoms with Gasteiger partial charge in [-0.3, -0.25) is 4.90 Å². The van der Waals surface area contributed by atoms with Crippen LogP contribution in [0.3, 0.4) is 0 Å². The highest BCUT2D eigenvalue weighted by Crippen LogP contribution is 2.48. The lowest BCUT2D eigenvalue weighted by Crippen LogP contribution is -2.31. The molecule has 0 aliphatic carbocycles. The summed E-state index contributed by atoms with van der Waals surface area (Å²) in [5.41, 5.74) is 11.4. The van der Waals surface area contributed by atoms with Crippen LogP contribution in [0.4, 0.5) is 17.1 Å². The van der Waals surface area contributed by atoms with Crippen molar-refractivity contribution in [2.45, 2.75) is 26.2 Å². The Morgan fingerprint density at radius 1 is 0.688 bits per heavy atom. The Bertz CT molecular complexity index is 2480. The summed E-state index contributed by atoms with van der Waals surface area (Å²) in [5.74, 6) is 3.48. The van der Waals surface area contributed by atoms with Crippen molar-refractivity contribution >= 4 is 38.9 Å². The van der Waals surface area contributed by atoms with Gasteiger partial charge in [-0.2, -0.15) is 0 Å². The number of ether oxygens (including phenoxy) is 1. The lowest BCUT2D eigenvalue weighted by Gasteiger charge is -2.26. The third kappa shape index (κ3) is 4.04. The molecule has 234 valence electrons. The number of rotatable bonds is 3. The van der Waals surface area contributed by atoms with E-state index in [-0.39, 0.29) is 5.41 Å². The van der Waals surface area contributed by atoms with Gasteiger partial charge in [-0.1, -0.05) is 88.0 Å². The van der Waals surface area contributed by atoms with Crippen LogP contribution < -0.4 is 19.1 Å². The molecule has 5 aromatic carbocycles. The molecule has 0 saturated heterocycles. The summed E-state index contributed by atoms with van der Waals surface area (Å²) in [6.07, 6.45) is 2.02. The van der Waals surface area contributed by atoms with Crippen molar-refractivity contribution in [3.63, 3.8) is 0 Å². The molecular formula is C43H36N4O. The van der Waals surface area contributed by atoms with E-state index in [1.807, 2.05) is 10.8 Å². The van der Waals surface area contributed by atoms with E-state index in [1.54, 1.807) is 0 Å². The minimum absolute atomic E-state index is 0.0942. The van der Waals surface area contributed by atoms with Crippen molar-refractivity contribution in [2.75, 3.05) is 16.8 Å². The minimum Gasteiger partial charge on any atom is -0.457 e. The van der Waals surface area contributed by atoms with Gasteiger partial charge < -0.3 is 14.2 Å².